The van der Waals surface area contributed by atoms with Crippen LogP contribution in [0.4, 0.5) is 13.6 Å². The maximum absolute atomic E-state index is 14.6. The molecule has 1 aliphatic rings. The number of hydrogen-bond acceptors (Lipinski definition) is 4. The number of carbonyl (C=O) groups excluding carboxylic acids is 2. The highest BCUT2D eigenvalue weighted by molar-refractivity contribution is 5.85. The Labute approximate surface area is 110 Å². The highest BCUT2D eigenvalue weighted by Gasteiger charge is 2.63. The molecule has 1 saturated heterocycles. The molecule has 0 spiro atoms. The molecule has 0 aliphatic carbocycles. The van der Waals surface area contributed by atoms with Crippen LogP contribution in [0, 0.1) is 0 Å². The van der Waals surface area contributed by atoms with Gasteiger partial charge in [0.2, 0.25) is 0 Å². The van der Waals surface area contributed by atoms with Crippen LogP contribution >= 0.6 is 0 Å². The van der Waals surface area contributed by atoms with Crippen molar-refractivity contribution in [3.63, 3.8) is 0 Å². The zero-order valence-corrected chi connectivity index (χ0v) is 11.8. The summed E-state index contributed by atoms with van der Waals surface area (Å²) >= 11 is 0. The average molecular weight is 279 g/mol. The van der Waals surface area contributed by atoms with Crippen LogP contribution in [-0.2, 0) is 14.3 Å². The second-order valence-corrected chi connectivity index (χ2v) is 5.71. The molecule has 0 aromatic rings. The Balaban J connectivity index is 3.10. The molecule has 0 N–H and O–H groups in total. The van der Waals surface area contributed by atoms with Crippen molar-refractivity contribution in [1.82, 2.24) is 4.90 Å². The van der Waals surface area contributed by atoms with Crippen molar-refractivity contribution in [2.75, 3.05) is 7.11 Å². The largest absolute Gasteiger partial charge is 0.465 e. The Morgan fingerprint density at radius 2 is 1.74 bits per heavy atom. The van der Waals surface area contributed by atoms with E-state index in [1.807, 2.05) is 0 Å². The van der Waals surface area contributed by atoms with Gasteiger partial charge >= 0.3 is 12.1 Å². The van der Waals surface area contributed by atoms with Crippen LogP contribution in [0.2, 0.25) is 0 Å². The summed E-state index contributed by atoms with van der Waals surface area (Å²) in [6, 6.07) is 0. The molecule has 2 atom stereocenters. The second kappa shape index (κ2) is 4.61. The van der Waals surface area contributed by atoms with Crippen molar-refractivity contribution in [3.05, 3.63) is 0 Å². The van der Waals surface area contributed by atoms with E-state index in [0.717, 1.165) is 14.0 Å². The van der Waals surface area contributed by atoms with Gasteiger partial charge in [0.15, 0.2) is 5.79 Å². The fourth-order valence-electron chi connectivity index (χ4n) is 1.98. The maximum Gasteiger partial charge on any atom is 0.415 e. The molecule has 0 aromatic heterocycles. The van der Waals surface area contributed by atoms with Gasteiger partial charge in [-0.3, -0.25) is 0 Å². The number of methoxy groups -OCH3 is 1. The highest BCUT2D eigenvalue weighted by atomic mass is 19.2. The zero-order chi connectivity index (χ0) is 15.1. The lowest BCUT2D eigenvalue weighted by Crippen LogP contribution is -2.57. The molecule has 0 saturated carbocycles. The fraction of sp³-hybridized carbons (Fsp3) is 0.833. The van der Waals surface area contributed by atoms with Crippen molar-refractivity contribution >= 4 is 12.1 Å². The van der Waals surface area contributed by atoms with Gasteiger partial charge in [0.05, 0.1) is 7.11 Å². The average Bonchev–Trinajstić information content (AvgIpc) is 2.47. The Morgan fingerprint density at radius 1 is 1.21 bits per heavy atom. The number of halogens is 2. The lowest BCUT2D eigenvalue weighted by atomic mass is 10.1. The third-order valence-corrected chi connectivity index (χ3v) is 2.81. The van der Waals surface area contributed by atoms with E-state index in [1.165, 1.54) is 0 Å². The Hall–Kier alpha value is -1.40. The topological polar surface area (TPSA) is 55.8 Å². The first-order chi connectivity index (χ1) is 8.44. The van der Waals surface area contributed by atoms with E-state index in [2.05, 4.69) is 4.74 Å². The van der Waals surface area contributed by atoms with E-state index in [-0.39, 0.29) is 11.3 Å². The van der Waals surface area contributed by atoms with E-state index >= 15 is 0 Å². The predicted octanol–water partition coefficient (Wildman–Crippen LogP) is 2.54. The molecule has 0 bridgehead atoms. The molecule has 0 unspecified atom stereocenters. The first-order valence-electron chi connectivity index (χ1n) is 5.93. The third-order valence-electron chi connectivity index (χ3n) is 2.81. The smallest absolute Gasteiger partial charge is 0.415 e. The third kappa shape index (κ3) is 2.96. The van der Waals surface area contributed by atoms with Crippen LogP contribution in [0.3, 0.4) is 0 Å². The number of amides is 1. The van der Waals surface area contributed by atoms with Crippen LogP contribution in [-0.4, -0.2) is 41.3 Å². The number of esters is 1. The van der Waals surface area contributed by atoms with Gasteiger partial charge in [-0.2, -0.15) is 0 Å². The molecule has 5 nitrogen and oxygen atoms in total. The van der Waals surface area contributed by atoms with E-state index in [4.69, 9.17) is 4.74 Å². The summed E-state index contributed by atoms with van der Waals surface area (Å²) in [7, 11) is 0.977. The minimum absolute atomic E-state index is 0.192. The van der Waals surface area contributed by atoms with Gasteiger partial charge in [0, 0.05) is 12.8 Å². The minimum atomic E-state index is -2.83. The fourth-order valence-corrected chi connectivity index (χ4v) is 1.98. The van der Waals surface area contributed by atoms with Gasteiger partial charge in [-0.1, -0.05) is 0 Å². The molecule has 19 heavy (non-hydrogen) atoms. The summed E-state index contributed by atoms with van der Waals surface area (Å²) in [4.78, 5) is 23.6. The van der Waals surface area contributed by atoms with E-state index in [1.54, 1.807) is 20.8 Å². The van der Waals surface area contributed by atoms with E-state index in [0.29, 0.717) is 0 Å². The normalized spacial score (nSPS) is 31.2. The number of ether oxygens (including phenoxy) is 2. The molecule has 110 valence electrons. The van der Waals surface area contributed by atoms with Crippen LogP contribution in [0.15, 0.2) is 0 Å². The Bertz CT molecular complexity index is 392. The van der Waals surface area contributed by atoms with Gasteiger partial charge in [-0.25, -0.2) is 23.3 Å². The molecular formula is C12H19F2NO4. The number of rotatable bonds is 1. The summed E-state index contributed by atoms with van der Waals surface area (Å²) in [5, 5.41) is 0. The zero-order valence-electron chi connectivity index (χ0n) is 11.8. The minimum Gasteiger partial charge on any atom is -0.465 e. The first kappa shape index (κ1) is 15.7. The summed E-state index contributed by atoms with van der Waals surface area (Å²) in [5.74, 6) is -6.44. The van der Waals surface area contributed by atoms with Gasteiger partial charge in [-0.05, 0) is 27.7 Å². The lowest BCUT2D eigenvalue weighted by Gasteiger charge is -2.35. The second-order valence-electron chi connectivity index (χ2n) is 5.71. The van der Waals surface area contributed by atoms with Gasteiger partial charge in [0.1, 0.15) is 5.60 Å². The Morgan fingerprint density at radius 3 is 2.16 bits per heavy atom. The number of nitrogens with zero attached hydrogens (tertiary/aromatic N) is 1. The van der Waals surface area contributed by atoms with Crippen molar-refractivity contribution in [2.24, 2.45) is 0 Å². The molecular weight excluding hydrogens is 260 g/mol. The van der Waals surface area contributed by atoms with Gasteiger partial charge in [-0.15, -0.1) is 0 Å². The predicted molar refractivity (Wildman–Crippen MR) is 62.7 cm³/mol. The van der Waals surface area contributed by atoms with E-state index < -0.39 is 35.7 Å². The first-order valence-corrected chi connectivity index (χ1v) is 5.93. The summed E-state index contributed by atoms with van der Waals surface area (Å²) in [6.07, 6.45) is -1.99. The molecule has 1 amide bonds. The molecule has 1 rings (SSSR count). The molecule has 0 radical (unpaired) electrons. The van der Waals surface area contributed by atoms with Crippen LogP contribution in [0.5, 0.6) is 0 Å². The number of likely N-dealkylation sites (tertiary alicyclic amines) is 1. The summed E-state index contributed by atoms with van der Waals surface area (Å²) in [6.45, 7) is 5.72. The highest BCUT2D eigenvalue weighted by Crippen LogP contribution is 2.44. The number of carbonyl (C=O) groups is 2. The monoisotopic (exact) mass is 279 g/mol. The standard InChI is InChI=1S/C12H19F2NO4/c1-10(2,3)19-9(17)15-11(4,13)6-7-12(15,14)8(16)18-5/h6-7H2,1-5H3/t11-,12-/m0/s1. The van der Waals surface area contributed by atoms with Crippen molar-refractivity contribution in [2.45, 2.75) is 57.7 Å². The van der Waals surface area contributed by atoms with Crippen molar-refractivity contribution < 1.29 is 27.8 Å². The molecule has 1 heterocycles. The molecule has 1 fully saturated rings. The quantitative estimate of drug-likeness (QED) is 0.546. The van der Waals surface area contributed by atoms with Gasteiger partial charge in [0.25, 0.3) is 5.79 Å². The van der Waals surface area contributed by atoms with Crippen molar-refractivity contribution in [3.8, 4) is 0 Å². The number of hydrogen-bond donors (Lipinski definition) is 0. The molecule has 0 aromatic carbocycles. The van der Waals surface area contributed by atoms with Crippen molar-refractivity contribution in [1.29, 1.82) is 0 Å². The van der Waals surface area contributed by atoms with Crippen LogP contribution in [0.25, 0.3) is 0 Å². The number of alkyl halides is 2. The SMILES string of the molecule is COC(=O)[C@]1(F)CC[C@@](C)(F)N1C(=O)OC(C)(C)C. The Kier molecular flexibility index (Phi) is 3.80. The maximum atomic E-state index is 14.6. The lowest BCUT2D eigenvalue weighted by molar-refractivity contribution is -0.174. The summed E-state index contributed by atoms with van der Waals surface area (Å²) < 4.78 is 38.1. The summed E-state index contributed by atoms with van der Waals surface area (Å²) in [5.41, 5.74) is -0.924. The van der Waals surface area contributed by atoms with Crippen LogP contribution in [0.1, 0.15) is 40.5 Å². The van der Waals surface area contributed by atoms with Crippen LogP contribution < -0.4 is 0 Å². The van der Waals surface area contributed by atoms with Gasteiger partial charge < -0.3 is 9.47 Å². The molecule has 1 aliphatic heterocycles. The van der Waals surface area contributed by atoms with E-state index in [9.17, 15) is 18.4 Å². The molecule has 7 heteroatoms.